The van der Waals surface area contributed by atoms with Crippen LogP contribution in [0.15, 0.2) is 11.4 Å². The van der Waals surface area contributed by atoms with E-state index in [2.05, 4.69) is 30.7 Å². The number of hydrogen-bond donors (Lipinski definition) is 2. The van der Waals surface area contributed by atoms with E-state index in [1.54, 1.807) is 11.3 Å². The van der Waals surface area contributed by atoms with Gasteiger partial charge in [-0.25, -0.2) is 5.43 Å². The zero-order valence-electron chi connectivity index (χ0n) is 9.19. The minimum Gasteiger partial charge on any atom is -0.373 e. The van der Waals surface area contributed by atoms with Gasteiger partial charge in [-0.1, -0.05) is 0 Å². The first kappa shape index (κ1) is 11.1. The molecule has 0 aliphatic carbocycles. The number of aryl methyl sites for hydroxylation is 1. The second-order valence-corrected chi connectivity index (χ2v) is 5.12. The third-order valence-electron chi connectivity index (χ3n) is 3.00. The number of nitrogens with two attached hydrogens (primary N) is 1. The smallest absolute Gasteiger partial charge is 0.0817 e. The van der Waals surface area contributed by atoms with Gasteiger partial charge in [0.25, 0.3) is 0 Å². The molecule has 0 bridgehead atoms. The Hall–Kier alpha value is -0.420. The van der Waals surface area contributed by atoms with Crippen LogP contribution in [0.2, 0.25) is 0 Å². The molecule has 0 aromatic carbocycles. The Morgan fingerprint density at radius 1 is 1.60 bits per heavy atom. The van der Waals surface area contributed by atoms with Crippen molar-refractivity contribution in [2.75, 3.05) is 0 Å². The van der Waals surface area contributed by atoms with Crippen LogP contribution in [0.4, 0.5) is 0 Å². The summed E-state index contributed by atoms with van der Waals surface area (Å²) < 4.78 is 5.86. The van der Waals surface area contributed by atoms with Crippen molar-refractivity contribution < 1.29 is 4.74 Å². The Balaban J connectivity index is 2.14. The van der Waals surface area contributed by atoms with Gasteiger partial charge < -0.3 is 4.74 Å². The molecule has 3 nitrogen and oxygen atoms in total. The zero-order valence-corrected chi connectivity index (χ0v) is 10.0. The molecule has 1 aliphatic rings. The summed E-state index contributed by atoms with van der Waals surface area (Å²) >= 11 is 1.75. The molecular formula is C11H18N2OS. The second kappa shape index (κ2) is 4.61. The number of hydrazine groups is 1. The maximum absolute atomic E-state index is 5.86. The molecule has 2 rings (SSSR count). The van der Waals surface area contributed by atoms with Crippen LogP contribution in [0.25, 0.3) is 0 Å². The highest BCUT2D eigenvalue weighted by Gasteiger charge is 2.31. The summed E-state index contributed by atoms with van der Waals surface area (Å²) in [5.41, 5.74) is 4.19. The Morgan fingerprint density at radius 3 is 2.87 bits per heavy atom. The normalized spacial score (nSPS) is 28.2. The maximum Gasteiger partial charge on any atom is 0.0817 e. The van der Waals surface area contributed by atoms with Gasteiger partial charge in [0.1, 0.15) is 0 Å². The van der Waals surface area contributed by atoms with Gasteiger partial charge in [-0.15, -0.1) is 11.3 Å². The summed E-state index contributed by atoms with van der Waals surface area (Å²) in [5, 5.41) is 2.10. The highest BCUT2D eigenvalue weighted by Crippen LogP contribution is 2.33. The fraction of sp³-hybridized carbons (Fsp3) is 0.636. The van der Waals surface area contributed by atoms with Crippen LogP contribution in [-0.4, -0.2) is 12.2 Å². The van der Waals surface area contributed by atoms with Crippen LogP contribution < -0.4 is 11.3 Å². The van der Waals surface area contributed by atoms with Crippen molar-refractivity contribution in [1.82, 2.24) is 5.43 Å². The summed E-state index contributed by atoms with van der Waals surface area (Å²) in [5.74, 6) is 5.63. The number of nitrogens with one attached hydrogen (secondary N) is 1. The Labute approximate surface area is 94.6 Å². The predicted octanol–water partition coefficient (Wildman–Crippen LogP) is 2.13. The minimum atomic E-state index is 0.148. The second-order valence-electron chi connectivity index (χ2n) is 4.17. The molecule has 3 atom stereocenters. The average molecular weight is 226 g/mol. The van der Waals surface area contributed by atoms with Crippen LogP contribution >= 0.6 is 11.3 Å². The lowest BCUT2D eigenvalue weighted by molar-refractivity contribution is 0.0322. The average Bonchev–Trinajstić information content (AvgIpc) is 2.79. The van der Waals surface area contributed by atoms with E-state index in [0.717, 1.165) is 12.8 Å². The maximum atomic E-state index is 5.86. The molecule has 1 aromatic rings. The van der Waals surface area contributed by atoms with Crippen molar-refractivity contribution in [3.05, 3.63) is 21.9 Å². The molecule has 1 aliphatic heterocycles. The molecule has 84 valence electrons. The molecule has 0 saturated carbocycles. The van der Waals surface area contributed by atoms with Crippen molar-refractivity contribution >= 4 is 11.3 Å². The van der Waals surface area contributed by atoms with E-state index in [-0.39, 0.29) is 12.1 Å². The third-order valence-corrected chi connectivity index (χ3v) is 4.10. The molecule has 4 heteroatoms. The predicted molar refractivity (Wildman–Crippen MR) is 62.7 cm³/mol. The molecular weight excluding hydrogens is 208 g/mol. The summed E-state index contributed by atoms with van der Waals surface area (Å²) in [7, 11) is 0. The Kier molecular flexibility index (Phi) is 3.41. The number of rotatable bonds is 3. The number of ether oxygens (including phenoxy) is 1. The fourth-order valence-electron chi connectivity index (χ4n) is 2.13. The summed E-state index contributed by atoms with van der Waals surface area (Å²) in [6.45, 7) is 4.24. The monoisotopic (exact) mass is 226 g/mol. The SMILES string of the molecule is Cc1ccsc1C(NN)C1CCC(C)O1. The first-order valence-corrected chi connectivity index (χ1v) is 6.26. The summed E-state index contributed by atoms with van der Waals surface area (Å²) in [6, 6.07) is 2.28. The topological polar surface area (TPSA) is 47.3 Å². The van der Waals surface area contributed by atoms with Crippen molar-refractivity contribution in [2.24, 2.45) is 5.84 Å². The van der Waals surface area contributed by atoms with E-state index >= 15 is 0 Å². The van der Waals surface area contributed by atoms with Gasteiger partial charge in [0.15, 0.2) is 0 Å². The zero-order chi connectivity index (χ0) is 10.8. The lowest BCUT2D eigenvalue weighted by atomic mass is 10.0. The van der Waals surface area contributed by atoms with E-state index in [9.17, 15) is 0 Å². The number of hydrogen-bond acceptors (Lipinski definition) is 4. The lowest BCUT2D eigenvalue weighted by Gasteiger charge is -2.22. The van der Waals surface area contributed by atoms with Crippen LogP contribution in [0.3, 0.4) is 0 Å². The molecule has 1 fully saturated rings. The highest BCUT2D eigenvalue weighted by atomic mass is 32.1. The van der Waals surface area contributed by atoms with E-state index in [0.29, 0.717) is 6.10 Å². The van der Waals surface area contributed by atoms with Gasteiger partial charge in [-0.05, 0) is 43.7 Å². The minimum absolute atomic E-state index is 0.148. The summed E-state index contributed by atoms with van der Waals surface area (Å²) in [6.07, 6.45) is 2.81. The van der Waals surface area contributed by atoms with Crippen LogP contribution in [-0.2, 0) is 4.74 Å². The van der Waals surface area contributed by atoms with Gasteiger partial charge in [-0.2, -0.15) is 0 Å². The molecule has 0 amide bonds. The van der Waals surface area contributed by atoms with E-state index in [4.69, 9.17) is 10.6 Å². The van der Waals surface area contributed by atoms with Crippen molar-refractivity contribution in [3.8, 4) is 0 Å². The molecule has 2 heterocycles. The van der Waals surface area contributed by atoms with E-state index in [1.165, 1.54) is 10.4 Å². The van der Waals surface area contributed by atoms with Crippen molar-refractivity contribution in [2.45, 2.75) is 44.9 Å². The molecule has 0 radical (unpaired) electrons. The van der Waals surface area contributed by atoms with Gasteiger partial charge in [0, 0.05) is 4.88 Å². The Morgan fingerprint density at radius 2 is 2.40 bits per heavy atom. The van der Waals surface area contributed by atoms with Gasteiger partial charge >= 0.3 is 0 Å². The van der Waals surface area contributed by atoms with Gasteiger partial charge in [0.2, 0.25) is 0 Å². The third kappa shape index (κ3) is 2.23. The first-order chi connectivity index (χ1) is 7.22. The van der Waals surface area contributed by atoms with Gasteiger partial charge in [-0.3, -0.25) is 5.84 Å². The van der Waals surface area contributed by atoms with E-state index < -0.39 is 0 Å². The quantitative estimate of drug-likeness (QED) is 0.613. The van der Waals surface area contributed by atoms with Gasteiger partial charge in [0.05, 0.1) is 18.2 Å². The molecule has 3 unspecified atom stereocenters. The van der Waals surface area contributed by atoms with Crippen LogP contribution in [0, 0.1) is 6.92 Å². The number of thiophene rings is 1. The lowest BCUT2D eigenvalue weighted by Crippen LogP contribution is -2.36. The molecule has 0 spiro atoms. The summed E-state index contributed by atoms with van der Waals surface area (Å²) in [4.78, 5) is 1.30. The molecule has 1 aromatic heterocycles. The van der Waals surface area contributed by atoms with Crippen molar-refractivity contribution in [1.29, 1.82) is 0 Å². The fourth-order valence-corrected chi connectivity index (χ4v) is 3.17. The molecule has 1 saturated heterocycles. The largest absolute Gasteiger partial charge is 0.373 e. The Bertz CT molecular complexity index is 326. The van der Waals surface area contributed by atoms with Crippen LogP contribution in [0.1, 0.15) is 36.2 Å². The first-order valence-electron chi connectivity index (χ1n) is 5.38. The molecule has 3 N–H and O–H groups in total. The van der Waals surface area contributed by atoms with E-state index in [1.807, 2.05) is 0 Å². The van der Waals surface area contributed by atoms with Crippen molar-refractivity contribution in [3.63, 3.8) is 0 Å². The van der Waals surface area contributed by atoms with Crippen LogP contribution in [0.5, 0.6) is 0 Å². The highest BCUT2D eigenvalue weighted by molar-refractivity contribution is 7.10. The standard InChI is InChI=1S/C11H18N2OS/c1-7-5-6-15-11(7)10(13-12)9-4-3-8(2)14-9/h5-6,8-10,13H,3-4,12H2,1-2H3. The molecule has 15 heavy (non-hydrogen) atoms.